The Morgan fingerprint density at radius 3 is 2.38 bits per heavy atom. The van der Waals surface area contributed by atoms with Gasteiger partial charge in [-0.3, -0.25) is 4.79 Å². The number of halogens is 1. The van der Waals surface area contributed by atoms with Crippen molar-refractivity contribution in [2.75, 3.05) is 6.61 Å². The van der Waals surface area contributed by atoms with Crippen molar-refractivity contribution in [3.05, 3.63) is 70.5 Å². The number of carbonyl (C=O) groups is 1. The summed E-state index contributed by atoms with van der Waals surface area (Å²) in [6, 6.07) is 15.2. The van der Waals surface area contributed by atoms with E-state index in [9.17, 15) is 4.79 Å². The molecular weight excluding hydrogens is 368 g/mol. The van der Waals surface area contributed by atoms with E-state index in [0.29, 0.717) is 10.8 Å². The lowest BCUT2D eigenvalue weighted by Crippen LogP contribution is -2.21. The number of aromatic nitrogens is 2. The van der Waals surface area contributed by atoms with Crippen LogP contribution in [0.15, 0.2) is 58.3 Å². The molecular formula is C20H19ClN2O2S. The van der Waals surface area contributed by atoms with Crippen molar-refractivity contribution in [3.8, 4) is 5.75 Å². The van der Waals surface area contributed by atoms with Crippen LogP contribution in [0.25, 0.3) is 0 Å². The van der Waals surface area contributed by atoms with Crippen LogP contribution in [0, 0.1) is 20.8 Å². The van der Waals surface area contributed by atoms with Crippen LogP contribution in [-0.2, 0) is 0 Å². The van der Waals surface area contributed by atoms with Crippen LogP contribution in [0.5, 0.6) is 5.75 Å². The van der Waals surface area contributed by atoms with Gasteiger partial charge in [0.1, 0.15) is 5.75 Å². The van der Waals surface area contributed by atoms with E-state index in [1.807, 2.05) is 69.3 Å². The predicted octanol–water partition coefficient (Wildman–Crippen LogP) is 5.33. The molecule has 0 saturated carbocycles. The van der Waals surface area contributed by atoms with Gasteiger partial charge in [0.25, 0.3) is 5.91 Å². The average Bonchev–Trinajstić information content (AvgIpc) is 2.91. The number of nitrogens with zero attached hydrogens (tertiary/aromatic N) is 2. The second-order valence-electron chi connectivity index (χ2n) is 5.96. The van der Waals surface area contributed by atoms with Crippen molar-refractivity contribution in [1.82, 2.24) is 9.78 Å². The monoisotopic (exact) mass is 386 g/mol. The summed E-state index contributed by atoms with van der Waals surface area (Å²) in [5.41, 5.74) is 2.76. The molecule has 1 heterocycles. The Bertz CT molecular complexity index is 918. The summed E-state index contributed by atoms with van der Waals surface area (Å²) in [5.74, 6) is 0.468. The molecule has 6 heteroatoms. The van der Waals surface area contributed by atoms with Gasteiger partial charge >= 0.3 is 0 Å². The Morgan fingerprint density at radius 1 is 1.08 bits per heavy atom. The molecule has 0 aliphatic heterocycles. The van der Waals surface area contributed by atoms with E-state index in [4.69, 9.17) is 16.3 Å². The lowest BCUT2D eigenvalue weighted by atomic mass is 10.2. The van der Waals surface area contributed by atoms with Gasteiger partial charge in [-0.05, 0) is 57.2 Å². The predicted molar refractivity (Wildman–Crippen MR) is 105 cm³/mol. The number of rotatable bonds is 5. The van der Waals surface area contributed by atoms with Gasteiger partial charge in [0.15, 0.2) is 6.61 Å². The van der Waals surface area contributed by atoms with Crippen LogP contribution >= 0.6 is 23.4 Å². The summed E-state index contributed by atoms with van der Waals surface area (Å²) in [5, 5.41) is 5.09. The van der Waals surface area contributed by atoms with Gasteiger partial charge in [-0.15, -0.1) is 0 Å². The highest BCUT2D eigenvalue weighted by Crippen LogP contribution is 2.33. The van der Waals surface area contributed by atoms with Crippen molar-refractivity contribution < 1.29 is 9.53 Å². The molecule has 0 bridgehead atoms. The van der Waals surface area contributed by atoms with Gasteiger partial charge in [0.05, 0.1) is 16.3 Å². The van der Waals surface area contributed by atoms with Gasteiger partial charge < -0.3 is 4.74 Å². The molecule has 0 saturated heterocycles. The second kappa shape index (κ2) is 7.98. The standard InChI is InChI=1S/C20H19ClN2O2S/c1-13-4-8-17(9-5-13)25-12-19(24)23-15(3)20(14(2)22-23)26-18-10-6-16(21)7-11-18/h4-11H,12H2,1-3H3. The Kier molecular flexibility index (Phi) is 5.69. The largest absolute Gasteiger partial charge is 0.484 e. The minimum Gasteiger partial charge on any atom is -0.484 e. The zero-order valence-corrected chi connectivity index (χ0v) is 16.4. The smallest absolute Gasteiger partial charge is 0.285 e. The van der Waals surface area contributed by atoms with Gasteiger partial charge in [0, 0.05) is 9.92 Å². The number of hydrogen-bond donors (Lipinski definition) is 0. The summed E-state index contributed by atoms with van der Waals surface area (Å²) in [4.78, 5) is 14.5. The minimum atomic E-state index is -0.200. The van der Waals surface area contributed by atoms with E-state index in [-0.39, 0.29) is 12.5 Å². The van der Waals surface area contributed by atoms with Crippen LogP contribution in [0.3, 0.4) is 0 Å². The molecule has 26 heavy (non-hydrogen) atoms. The SMILES string of the molecule is Cc1ccc(OCC(=O)n2nc(C)c(Sc3ccc(Cl)cc3)c2C)cc1. The van der Waals surface area contributed by atoms with E-state index in [1.165, 1.54) is 4.68 Å². The lowest BCUT2D eigenvalue weighted by Gasteiger charge is -2.07. The number of carbonyl (C=O) groups excluding carboxylic acids is 1. The molecule has 0 atom stereocenters. The van der Waals surface area contributed by atoms with E-state index in [0.717, 1.165) is 26.7 Å². The maximum atomic E-state index is 12.5. The lowest BCUT2D eigenvalue weighted by molar-refractivity contribution is 0.0818. The molecule has 3 rings (SSSR count). The van der Waals surface area contributed by atoms with Crippen molar-refractivity contribution in [2.24, 2.45) is 0 Å². The van der Waals surface area contributed by atoms with E-state index >= 15 is 0 Å². The number of hydrogen-bond acceptors (Lipinski definition) is 4. The number of aryl methyl sites for hydroxylation is 2. The van der Waals surface area contributed by atoms with Crippen molar-refractivity contribution in [1.29, 1.82) is 0 Å². The summed E-state index contributed by atoms with van der Waals surface area (Å²) in [7, 11) is 0. The summed E-state index contributed by atoms with van der Waals surface area (Å²) >= 11 is 7.50. The van der Waals surface area contributed by atoms with Crippen LogP contribution in [0.2, 0.25) is 5.02 Å². The molecule has 4 nitrogen and oxygen atoms in total. The first-order valence-electron chi connectivity index (χ1n) is 8.16. The van der Waals surface area contributed by atoms with Crippen LogP contribution in [0.4, 0.5) is 0 Å². The normalized spacial score (nSPS) is 10.8. The Balaban J connectivity index is 1.72. The molecule has 0 spiro atoms. The fourth-order valence-corrected chi connectivity index (χ4v) is 3.54. The Hall–Kier alpha value is -2.24. The molecule has 0 amide bonds. The van der Waals surface area contributed by atoms with E-state index in [1.54, 1.807) is 11.8 Å². The van der Waals surface area contributed by atoms with Crippen LogP contribution in [0.1, 0.15) is 21.7 Å². The van der Waals surface area contributed by atoms with Crippen molar-refractivity contribution >= 4 is 29.3 Å². The quantitative estimate of drug-likeness (QED) is 0.594. The molecule has 0 fully saturated rings. The summed E-state index contributed by atoms with van der Waals surface area (Å²) in [6.07, 6.45) is 0. The topological polar surface area (TPSA) is 44.1 Å². The Morgan fingerprint density at radius 2 is 1.73 bits per heavy atom. The molecule has 0 radical (unpaired) electrons. The molecule has 2 aromatic carbocycles. The maximum Gasteiger partial charge on any atom is 0.285 e. The molecule has 1 aromatic heterocycles. The fraction of sp³-hybridized carbons (Fsp3) is 0.200. The zero-order chi connectivity index (χ0) is 18.7. The van der Waals surface area contributed by atoms with Gasteiger partial charge in [-0.25, -0.2) is 4.68 Å². The first kappa shape index (κ1) is 18.5. The molecule has 0 aliphatic carbocycles. The highest BCUT2D eigenvalue weighted by Gasteiger charge is 2.18. The first-order chi connectivity index (χ1) is 12.4. The Labute approximate surface area is 162 Å². The average molecular weight is 387 g/mol. The molecule has 0 unspecified atom stereocenters. The third-order valence-electron chi connectivity index (χ3n) is 3.88. The van der Waals surface area contributed by atoms with Crippen LogP contribution < -0.4 is 4.74 Å². The van der Waals surface area contributed by atoms with Gasteiger partial charge in [0.2, 0.25) is 0 Å². The van der Waals surface area contributed by atoms with Crippen molar-refractivity contribution in [3.63, 3.8) is 0 Å². The fourth-order valence-electron chi connectivity index (χ4n) is 2.48. The zero-order valence-electron chi connectivity index (χ0n) is 14.8. The number of ether oxygens (including phenoxy) is 1. The molecule has 3 aromatic rings. The molecule has 134 valence electrons. The highest BCUT2D eigenvalue weighted by atomic mass is 35.5. The minimum absolute atomic E-state index is 0.0595. The van der Waals surface area contributed by atoms with E-state index < -0.39 is 0 Å². The summed E-state index contributed by atoms with van der Waals surface area (Å²) in [6.45, 7) is 5.73. The van der Waals surface area contributed by atoms with Crippen LogP contribution in [-0.4, -0.2) is 22.3 Å². The second-order valence-corrected chi connectivity index (χ2v) is 7.48. The third kappa shape index (κ3) is 4.29. The molecule has 0 aliphatic rings. The maximum absolute atomic E-state index is 12.5. The van der Waals surface area contributed by atoms with E-state index in [2.05, 4.69) is 5.10 Å². The molecule has 0 N–H and O–H groups in total. The highest BCUT2D eigenvalue weighted by molar-refractivity contribution is 7.99. The first-order valence-corrected chi connectivity index (χ1v) is 9.36. The number of benzene rings is 2. The van der Waals surface area contributed by atoms with Crippen molar-refractivity contribution in [2.45, 2.75) is 30.6 Å². The third-order valence-corrected chi connectivity index (χ3v) is 5.43. The van der Waals surface area contributed by atoms with Gasteiger partial charge in [-0.1, -0.05) is 41.1 Å². The summed E-state index contributed by atoms with van der Waals surface area (Å²) < 4.78 is 7.00. The van der Waals surface area contributed by atoms with Gasteiger partial charge in [-0.2, -0.15) is 5.10 Å².